The topological polar surface area (TPSA) is 130 Å². The Hall–Kier alpha value is -3.42. The number of hydrogen-bond donors (Lipinski definition) is 1. The number of carbonyl (C=O) groups is 1. The van der Waals surface area contributed by atoms with Crippen LogP contribution in [0.4, 0.5) is 5.82 Å². The van der Waals surface area contributed by atoms with Gasteiger partial charge in [-0.05, 0) is 76.1 Å². The van der Waals surface area contributed by atoms with Crippen LogP contribution in [-0.2, 0) is 10.0 Å². The lowest BCUT2D eigenvalue weighted by Gasteiger charge is -2.41. The number of nitrogens with zero attached hydrogens (tertiary/aromatic N) is 8. The lowest BCUT2D eigenvalue weighted by molar-refractivity contribution is 0.102. The zero-order valence-corrected chi connectivity index (χ0v) is 25.2. The lowest BCUT2D eigenvalue weighted by Crippen LogP contribution is -2.46. The molecule has 5 heterocycles. The number of aliphatic imine (C=N–C) groups is 1. The van der Waals surface area contributed by atoms with Crippen molar-refractivity contribution in [3.8, 4) is 0 Å². The number of anilines is 1. The van der Waals surface area contributed by atoms with E-state index in [1.807, 2.05) is 12.3 Å². The third-order valence-corrected chi connectivity index (χ3v) is 10.4. The minimum atomic E-state index is -3.16. The van der Waals surface area contributed by atoms with Crippen LogP contribution in [0.5, 0.6) is 0 Å². The maximum absolute atomic E-state index is 13.4. The smallest absolute Gasteiger partial charge is 0.262 e. The Balaban J connectivity index is 1.15. The molecule has 6 rings (SSSR count). The van der Waals surface area contributed by atoms with Crippen molar-refractivity contribution in [2.24, 2.45) is 10.9 Å². The van der Waals surface area contributed by atoms with Crippen molar-refractivity contribution < 1.29 is 13.2 Å². The van der Waals surface area contributed by atoms with Crippen molar-refractivity contribution in [1.82, 2.24) is 33.6 Å². The van der Waals surface area contributed by atoms with Gasteiger partial charge in [0.1, 0.15) is 11.4 Å². The SMILES string of the molecule is CC1C=NC(n2nc(C3CCN(C4CCC(N(C)S(C)(=O)=O)CC4)CC3)cc2NC(=O)c2cnn3cccnc23)=CC1. The van der Waals surface area contributed by atoms with Crippen molar-refractivity contribution in [3.63, 3.8) is 0 Å². The fourth-order valence-electron chi connectivity index (χ4n) is 6.40. The van der Waals surface area contributed by atoms with Gasteiger partial charge in [-0.3, -0.25) is 4.79 Å². The van der Waals surface area contributed by atoms with E-state index in [1.165, 1.54) is 12.5 Å². The third kappa shape index (κ3) is 5.90. The molecule has 1 unspecified atom stereocenters. The zero-order valence-electron chi connectivity index (χ0n) is 24.4. The normalized spacial score (nSPS) is 24.3. The molecule has 0 spiro atoms. The maximum Gasteiger partial charge on any atom is 0.262 e. The average Bonchev–Trinajstić information content (AvgIpc) is 3.62. The summed E-state index contributed by atoms with van der Waals surface area (Å²) in [6.45, 7) is 4.07. The Kier molecular flexibility index (Phi) is 7.99. The van der Waals surface area contributed by atoms with Crippen molar-refractivity contribution in [3.05, 3.63) is 48.1 Å². The van der Waals surface area contributed by atoms with Gasteiger partial charge in [0.15, 0.2) is 11.5 Å². The minimum Gasteiger partial charge on any atom is -0.306 e. The molecule has 3 aromatic rings. The number of fused-ring (bicyclic) bond motifs is 1. The van der Waals surface area contributed by atoms with Gasteiger partial charge in [-0.15, -0.1) is 0 Å². The van der Waals surface area contributed by atoms with Gasteiger partial charge in [-0.2, -0.15) is 14.9 Å². The van der Waals surface area contributed by atoms with Crippen LogP contribution in [0, 0.1) is 5.92 Å². The number of carbonyl (C=O) groups excluding carboxylic acids is 1. The summed E-state index contributed by atoms with van der Waals surface area (Å²) < 4.78 is 28.8. The highest BCUT2D eigenvalue weighted by Gasteiger charge is 2.33. The van der Waals surface area contributed by atoms with E-state index in [-0.39, 0.29) is 17.9 Å². The molecule has 2 aliphatic heterocycles. The number of nitrogens with one attached hydrogen (secondary N) is 1. The van der Waals surface area contributed by atoms with E-state index < -0.39 is 10.0 Å². The highest BCUT2D eigenvalue weighted by atomic mass is 32.2. The number of allylic oxidation sites excluding steroid dienone is 1. The fourth-order valence-corrected chi connectivity index (χ4v) is 7.15. The van der Waals surface area contributed by atoms with Gasteiger partial charge >= 0.3 is 0 Å². The van der Waals surface area contributed by atoms with Gasteiger partial charge in [0.05, 0.1) is 18.1 Å². The first kappa shape index (κ1) is 28.7. The minimum absolute atomic E-state index is 0.0997. The van der Waals surface area contributed by atoms with E-state index in [2.05, 4.69) is 38.3 Å². The Morgan fingerprint density at radius 3 is 2.57 bits per heavy atom. The highest BCUT2D eigenvalue weighted by molar-refractivity contribution is 7.88. The summed E-state index contributed by atoms with van der Waals surface area (Å²) in [6.07, 6.45) is 16.9. The van der Waals surface area contributed by atoms with Crippen LogP contribution in [0.3, 0.4) is 0 Å². The Morgan fingerprint density at radius 2 is 1.88 bits per heavy atom. The zero-order chi connectivity index (χ0) is 29.4. The van der Waals surface area contributed by atoms with E-state index >= 15 is 0 Å². The quantitative estimate of drug-likeness (QED) is 0.444. The summed E-state index contributed by atoms with van der Waals surface area (Å²) in [4.78, 5) is 24.9. The fraction of sp³-hybridized carbons (Fsp3) is 0.552. The summed E-state index contributed by atoms with van der Waals surface area (Å²) >= 11 is 0. The van der Waals surface area contributed by atoms with Gasteiger partial charge in [-0.1, -0.05) is 6.92 Å². The Labute approximate surface area is 246 Å². The largest absolute Gasteiger partial charge is 0.306 e. The van der Waals surface area contributed by atoms with Gasteiger partial charge in [0, 0.05) is 49.7 Å². The van der Waals surface area contributed by atoms with Gasteiger partial charge in [0.2, 0.25) is 10.0 Å². The monoisotopic (exact) mass is 593 g/mol. The number of sulfonamides is 1. The second kappa shape index (κ2) is 11.7. The third-order valence-electron chi connectivity index (χ3n) is 9.01. The number of hydrogen-bond acceptors (Lipinski definition) is 8. The molecule has 2 fully saturated rings. The van der Waals surface area contributed by atoms with Crippen LogP contribution in [0.1, 0.15) is 73.8 Å². The molecule has 3 aromatic heterocycles. The number of amides is 1. The summed E-state index contributed by atoms with van der Waals surface area (Å²) in [6, 6.07) is 4.34. The first-order chi connectivity index (χ1) is 20.2. The van der Waals surface area contributed by atoms with Crippen molar-refractivity contribution in [1.29, 1.82) is 0 Å². The molecule has 1 aliphatic carbocycles. The second-order valence-electron chi connectivity index (χ2n) is 11.9. The van der Waals surface area contributed by atoms with E-state index in [4.69, 9.17) is 5.10 Å². The van der Waals surface area contributed by atoms with E-state index in [1.54, 1.807) is 39.0 Å². The summed E-state index contributed by atoms with van der Waals surface area (Å²) in [5.41, 5.74) is 1.84. The summed E-state index contributed by atoms with van der Waals surface area (Å²) in [5, 5.41) is 12.3. The second-order valence-corrected chi connectivity index (χ2v) is 13.9. The lowest BCUT2D eigenvalue weighted by atomic mass is 9.87. The van der Waals surface area contributed by atoms with Crippen molar-refractivity contribution in [2.75, 3.05) is 31.7 Å². The molecule has 0 bridgehead atoms. The highest BCUT2D eigenvalue weighted by Crippen LogP contribution is 2.34. The van der Waals surface area contributed by atoms with E-state index in [9.17, 15) is 13.2 Å². The van der Waals surface area contributed by atoms with Crippen molar-refractivity contribution in [2.45, 2.75) is 69.9 Å². The van der Waals surface area contributed by atoms with Gasteiger partial charge in [-0.25, -0.2) is 27.2 Å². The van der Waals surface area contributed by atoms with Crippen LogP contribution in [0.15, 0.2) is 41.8 Å². The van der Waals surface area contributed by atoms with Crippen LogP contribution in [0.2, 0.25) is 0 Å². The molecule has 12 nitrogen and oxygen atoms in total. The molecule has 1 saturated heterocycles. The molecule has 1 N–H and O–H groups in total. The average molecular weight is 594 g/mol. The molecule has 13 heteroatoms. The molecule has 1 saturated carbocycles. The standard InChI is InChI=1S/C29H39N9O3S/c1-20-5-10-26(31-18-20)38-27(33-29(39)24-19-32-37-14-4-13-30-28(24)37)17-25(34-38)21-11-15-36(16-12-21)23-8-6-22(7-9-23)35(2)42(3,40)41/h4,10,13-14,17-23H,5-9,11-12,15-16H2,1-3H3,(H,33,39). The van der Waals surface area contributed by atoms with Gasteiger partial charge < -0.3 is 10.2 Å². The molecular formula is C29H39N9O3S. The Bertz CT molecular complexity index is 1610. The van der Waals surface area contributed by atoms with Crippen LogP contribution < -0.4 is 5.32 Å². The summed E-state index contributed by atoms with van der Waals surface area (Å²) in [7, 11) is -1.46. The summed E-state index contributed by atoms with van der Waals surface area (Å²) in [5.74, 6) is 1.63. The number of likely N-dealkylation sites (tertiary alicyclic amines) is 1. The molecule has 42 heavy (non-hydrogen) atoms. The predicted octanol–water partition coefficient (Wildman–Crippen LogP) is 3.47. The molecule has 1 amide bonds. The number of rotatable bonds is 7. The first-order valence-corrected chi connectivity index (χ1v) is 16.6. The maximum atomic E-state index is 13.4. The van der Waals surface area contributed by atoms with Crippen molar-refractivity contribution >= 4 is 39.4 Å². The molecule has 224 valence electrons. The first-order valence-electron chi connectivity index (χ1n) is 14.8. The van der Waals surface area contributed by atoms with E-state index in [0.717, 1.165) is 63.7 Å². The van der Waals surface area contributed by atoms with E-state index in [0.29, 0.717) is 34.8 Å². The van der Waals surface area contributed by atoms with Crippen LogP contribution >= 0.6 is 0 Å². The van der Waals surface area contributed by atoms with Crippen LogP contribution in [-0.4, -0.2) is 92.6 Å². The Morgan fingerprint density at radius 1 is 1.12 bits per heavy atom. The van der Waals surface area contributed by atoms with Crippen LogP contribution in [0.25, 0.3) is 11.5 Å². The molecule has 0 aromatic carbocycles. The predicted molar refractivity (Wildman–Crippen MR) is 162 cm³/mol. The molecule has 1 atom stereocenters. The molecular weight excluding hydrogens is 554 g/mol. The molecule has 3 aliphatic rings. The number of piperidine rings is 1. The molecule has 0 radical (unpaired) electrons. The van der Waals surface area contributed by atoms with Gasteiger partial charge in [0.25, 0.3) is 5.91 Å². The number of aromatic nitrogens is 5.